The average Bonchev–Trinajstić information content (AvgIpc) is 2.64. The third-order valence-electron chi connectivity index (χ3n) is 3.87. The van der Waals surface area contributed by atoms with E-state index in [-0.39, 0.29) is 11.6 Å². The van der Waals surface area contributed by atoms with E-state index in [0.29, 0.717) is 17.9 Å². The fourth-order valence-electron chi connectivity index (χ4n) is 2.44. The lowest BCUT2D eigenvalue weighted by molar-refractivity contribution is -0.118. The van der Waals surface area contributed by atoms with Crippen LogP contribution in [-0.4, -0.2) is 24.5 Å². The number of carbonyl (C=O) groups is 2. The van der Waals surface area contributed by atoms with Gasteiger partial charge < -0.3 is 15.4 Å². The second kappa shape index (κ2) is 9.12. The Bertz CT molecular complexity index is 807. The molecule has 0 aliphatic carbocycles. The molecule has 0 aliphatic heterocycles. The number of rotatable bonds is 7. The van der Waals surface area contributed by atoms with Gasteiger partial charge in [-0.3, -0.25) is 9.59 Å². The van der Waals surface area contributed by atoms with Crippen molar-refractivity contribution in [2.75, 3.05) is 11.9 Å². The van der Waals surface area contributed by atoms with Crippen LogP contribution in [-0.2, 0) is 4.79 Å². The minimum absolute atomic E-state index is 0.270. The SMILES string of the molecule is CCOc1ccc(C(=O)NC(C(=O)Nc2cccc(F)c2F)C(C)C)cc1. The molecule has 0 fully saturated rings. The minimum atomic E-state index is -1.15. The van der Waals surface area contributed by atoms with Crippen molar-refractivity contribution >= 4 is 17.5 Å². The number of hydrogen-bond acceptors (Lipinski definition) is 3. The van der Waals surface area contributed by atoms with E-state index in [0.717, 1.165) is 6.07 Å². The Balaban J connectivity index is 2.10. The van der Waals surface area contributed by atoms with E-state index < -0.39 is 29.5 Å². The number of hydrogen-bond donors (Lipinski definition) is 2. The summed E-state index contributed by atoms with van der Waals surface area (Å²) >= 11 is 0. The molecule has 5 nitrogen and oxygen atoms in total. The fraction of sp³-hybridized carbons (Fsp3) is 0.300. The van der Waals surface area contributed by atoms with E-state index >= 15 is 0 Å². The summed E-state index contributed by atoms with van der Waals surface area (Å²) in [4.78, 5) is 24.9. The number of amides is 2. The van der Waals surface area contributed by atoms with Crippen LogP contribution in [0.15, 0.2) is 42.5 Å². The van der Waals surface area contributed by atoms with Crippen molar-refractivity contribution in [1.29, 1.82) is 0 Å². The first-order chi connectivity index (χ1) is 12.8. The fourth-order valence-corrected chi connectivity index (χ4v) is 2.44. The molecule has 0 aliphatic rings. The second-order valence-corrected chi connectivity index (χ2v) is 6.24. The van der Waals surface area contributed by atoms with Gasteiger partial charge in [0.15, 0.2) is 11.6 Å². The zero-order chi connectivity index (χ0) is 20.0. The molecule has 0 spiro atoms. The maximum Gasteiger partial charge on any atom is 0.251 e. The molecule has 2 rings (SSSR count). The predicted octanol–water partition coefficient (Wildman–Crippen LogP) is 3.76. The van der Waals surface area contributed by atoms with Gasteiger partial charge in [-0.1, -0.05) is 19.9 Å². The molecule has 0 bridgehead atoms. The number of carbonyl (C=O) groups excluding carboxylic acids is 2. The monoisotopic (exact) mass is 376 g/mol. The van der Waals surface area contributed by atoms with Crippen molar-refractivity contribution in [2.45, 2.75) is 26.8 Å². The number of halogens is 2. The van der Waals surface area contributed by atoms with Gasteiger partial charge in [-0.15, -0.1) is 0 Å². The van der Waals surface area contributed by atoms with Gasteiger partial charge in [0, 0.05) is 5.56 Å². The standard InChI is InChI=1S/C20H22F2N2O3/c1-4-27-14-10-8-13(9-11-14)19(25)24-18(12(2)3)20(26)23-16-7-5-6-15(21)17(16)22/h5-12,18H,4H2,1-3H3,(H,23,26)(H,24,25). The van der Waals surface area contributed by atoms with Gasteiger partial charge in [0.2, 0.25) is 5.91 Å². The second-order valence-electron chi connectivity index (χ2n) is 6.24. The minimum Gasteiger partial charge on any atom is -0.494 e. The molecule has 1 unspecified atom stereocenters. The van der Waals surface area contributed by atoms with Crippen LogP contribution in [0, 0.1) is 17.6 Å². The summed E-state index contributed by atoms with van der Waals surface area (Å²) in [6, 6.07) is 9.06. The third-order valence-corrected chi connectivity index (χ3v) is 3.87. The highest BCUT2D eigenvalue weighted by Crippen LogP contribution is 2.18. The molecule has 0 saturated carbocycles. The lowest BCUT2D eigenvalue weighted by Crippen LogP contribution is -2.47. The van der Waals surface area contributed by atoms with Crippen molar-refractivity contribution in [3.63, 3.8) is 0 Å². The molecule has 7 heteroatoms. The Morgan fingerprint density at radius 1 is 1.07 bits per heavy atom. The number of ether oxygens (including phenoxy) is 1. The van der Waals surface area contributed by atoms with Crippen molar-refractivity contribution in [3.8, 4) is 5.75 Å². The summed E-state index contributed by atoms with van der Waals surface area (Å²) in [5, 5.41) is 4.96. The molecule has 27 heavy (non-hydrogen) atoms. The summed E-state index contributed by atoms with van der Waals surface area (Å²) in [6.45, 7) is 5.85. The Morgan fingerprint density at radius 2 is 1.74 bits per heavy atom. The highest BCUT2D eigenvalue weighted by Gasteiger charge is 2.26. The Morgan fingerprint density at radius 3 is 2.33 bits per heavy atom. The first-order valence-electron chi connectivity index (χ1n) is 8.62. The molecular weight excluding hydrogens is 354 g/mol. The zero-order valence-corrected chi connectivity index (χ0v) is 15.4. The lowest BCUT2D eigenvalue weighted by atomic mass is 10.0. The van der Waals surface area contributed by atoms with Crippen LogP contribution in [0.25, 0.3) is 0 Å². The van der Waals surface area contributed by atoms with E-state index in [2.05, 4.69) is 10.6 Å². The van der Waals surface area contributed by atoms with Crippen LogP contribution < -0.4 is 15.4 Å². The van der Waals surface area contributed by atoms with Gasteiger partial charge in [0.1, 0.15) is 11.8 Å². The maximum absolute atomic E-state index is 13.8. The van der Waals surface area contributed by atoms with Crippen LogP contribution in [0.5, 0.6) is 5.75 Å². The van der Waals surface area contributed by atoms with Crippen LogP contribution in [0.4, 0.5) is 14.5 Å². The van der Waals surface area contributed by atoms with Gasteiger partial charge in [-0.25, -0.2) is 8.78 Å². The van der Waals surface area contributed by atoms with Crippen molar-refractivity contribution < 1.29 is 23.1 Å². The smallest absolute Gasteiger partial charge is 0.251 e. The highest BCUT2D eigenvalue weighted by molar-refractivity contribution is 6.01. The summed E-state index contributed by atoms with van der Waals surface area (Å²) in [6.07, 6.45) is 0. The first kappa shape index (κ1) is 20.4. The molecule has 2 amide bonds. The van der Waals surface area contributed by atoms with E-state index in [1.54, 1.807) is 38.1 Å². The largest absolute Gasteiger partial charge is 0.494 e. The maximum atomic E-state index is 13.8. The first-order valence-corrected chi connectivity index (χ1v) is 8.62. The molecule has 1 atom stereocenters. The van der Waals surface area contributed by atoms with Crippen molar-refractivity contribution in [1.82, 2.24) is 5.32 Å². The van der Waals surface area contributed by atoms with Crippen LogP contribution in [0.2, 0.25) is 0 Å². The molecular formula is C20H22F2N2O3. The number of anilines is 1. The molecule has 2 N–H and O–H groups in total. The summed E-state index contributed by atoms with van der Waals surface area (Å²) in [5.41, 5.74) is 0.0785. The summed E-state index contributed by atoms with van der Waals surface area (Å²) in [5.74, 6) is -2.93. The van der Waals surface area contributed by atoms with Crippen LogP contribution >= 0.6 is 0 Å². The molecule has 0 radical (unpaired) electrons. The van der Waals surface area contributed by atoms with Crippen molar-refractivity contribution in [2.24, 2.45) is 5.92 Å². The number of benzene rings is 2. The van der Waals surface area contributed by atoms with E-state index in [1.807, 2.05) is 6.92 Å². The molecule has 0 aromatic heterocycles. The van der Waals surface area contributed by atoms with Gasteiger partial charge in [-0.05, 0) is 49.2 Å². The normalized spacial score (nSPS) is 11.8. The van der Waals surface area contributed by atoms with E-state index in [1.165, 1.54) is 12.1 Å². The van der Waals surface area contributed by atoms with Crippen LogP contribution in [0.3, 0.4) is 0 Å². The van der Waals surface area contributed by atoms with Gasteiger partial charge in [0.05, 0.1) is 12.3 Å². The predicted molar refractivity (Wildman–Crippen MR) is 98.7 cm³/mol. The zero-order valence-electron chi connectivity index (χ0n) is 15.4. The van der Waals surface area contributed by atoms with E-state index in [4.69, 9.17) is 4.74 Å². The third kappa shape index (κ3) is 5.26. The molecule has 0 heterocycles. The Labute approximate surface area is 156 Å². The van der Waals surface area contributed by atoms with Gasteiger partial charge in [-0.2, -0.15) is 0 Å². The molecule has 0 saturated heterocycles. The van der Waals surface area contributed by atoms with Gasteiger partial charge >= 0.3 is 0 Å². The lowest BCUT2D eigenvalue weighted by Gasteiger charge is -2.22. The quantitative estimate of drug-likeness (QED) is 0.773. The Hall–Kier alpha value is -2.96. The average molecular weight is 376 g/mol. The molecule has 144 valence electrons. The molecule has 2 aromatic carbocycles. The van der Waals surface area contributed by atoms with E-state index in [9.17, 15) is 18.4 Å². The van der Waals surface area contributed by atoms with Crippen molar-refractivity contribution in [3.05, 3.63) is 59.7 Å². The highest BCUT2D eigenvalue weighted by atomic mass is 19.2. The Kier molecular flexibility index (Phi) is 6.87. The number of nitrogens with one attached hydrogen (secondary N) is 2. The van der Waals surface area contributed by atoms with Gasteiger partial charge in [0.25, 0.3) is 5.91 Å². The molecule has 2 aromatic rings. The topological polar surface area (TPSA) is 67.4 Å². The summed E-state index contributed by atoms with van der Waals surface area (Å²) < 4.78 is 32.4. The van der Waals surface area contributed by atoms with Crippen LogP contribution in [0.1, 0.15) is 31.1 Å². The summed E-state index contributed by atoms with van der Waals surface area (Å²) in [7, 11) is 0.